The van der Waals surface area contributed by atoms with Gasteiger partial charge >= 0.3 is 11.9 Å². The van der Waals surface area contributed by atoms with Crippen LogP contribution in [0.5, 0.6) is 23.0 Å². The quantitative estimate of drug-likeness (QED) is 0.0235. The number of phenolic OH excluding ortho intramolecular Hbond substituents is 4. The van der Waals surface area contributed by atoms with Gasteiger partial charge < -0.3 is 57.3 Å². The molecular formula is C57H44F8N6O11. The van der Waals surface area contributed by atoms with Crippen molar-refractivity contribution in [3.05, 3.63) is 248 Å². The molecule has 1 heterocycles. The van der Waals surface area contributed by atoms with Gasteiger partial charge in [0.2, 0.25) is 0 Å². The minimum atomic E-state index is -1.22. The van der Waals surface area contributed by atoms with E-state index >= 15 is 0 Å². The van der Waals surface area contributed by atoms with E-state index in [9.17, 15) is 74.4 Å². The number of amides is 1. The van der Waals surface area contributed by atoms with Crippen molar-refractivity contribution in [1.82, 2.24) is 9.55 Å². The minimum absolute atomic E-state index is 0.00281. The number of benzene rings is 8. The normalized spacial score (nSPS) is 10.2. The summed E-state index contributed by atoms with van der Waals surface area (Å²) in [5.74, 6) is -9.06. The molecule has 0 spiro atoms. The number of nitrogens with one attached hydrogen (secondary N) is 2. The molecule has 424 valence electrons. The zero-order chi connectivity index (χ0) is 60.4. The molecule has 1 aromatic heterocycles. The van der Waals surface area contributed by atoms with Gasteiger partial charge in [0.25, 0.3) is 11.5 Å². The first-order valence-electron chi connectivity index (χ1n) is 23.2. The van der Waals surface area contributed by atoms with E-state index in [4.69, 9.17) is 26.8 Å². The summed E-state index contributed by atoms with van der Waals surface area (Å²) in [7, 11) is 0. The Bertz CT molecular complexity index is 3760. The predicted octanol–water partition coefficient (Wildman–Crippen LogP) is 10.2. The zero-order valence-electron chi connectivity index (χ0n) is 41.9. The minimum Gasteiger partial charge on any atom is -0.508 e. The first kappa shape index (κ1) is 61.9. The van der Waals surface area contributed by atoms with E-state index in [2.05, 4.69) is 15.6 Å². The van der Waals surface area contributed by atoms with Gasteiger partial charge in [-0.05, 0) is 103 Å². The van der Waals surface area contributed by atoms with Crippen LogP contribution in [0.2, 0.25) is 0 Å². The summed E-state index contributed by atoms with van der Waals surface area (Å²) >= 11 is 0. The van der Waals surface area contributed by atoms with E-state index in [-0.39, 0.29) is 98.3 Å². The van der Waals surface area contributed by atoms with Crippen molar-refractivity contribution in [3.63, 3.8) is 0 Å². The number of primary amides is 1. The molecule has 1 amide bonds. The molecule has 82 heavy (non-hydrogen) atoms. The number of carboxylic acids is 2. The number of carbonyl (C=O) groups is 4. The molecule has 0 fully saturated rings. The third-order valence-corrected chi connectivity index (χ3v) is 11.0. The molecule has 0 bridgehead atoms. The molecule has 0 aliphatic carbocycles. The number of aldehydes is 1. The fraction of sp³-hybridized carbons (Fsp3) is 0.0526. The second-order valence-corrected chi connectivity index (χ2v) is 16.8. The fourth-order valence-corrected chi connectivity index (χ4v) is 6.95. The Balaban J connectivity index is 0.000000193. The zero-order valence-corrected chi connectivity index (χ0v) is 41.9. The molecule has 0 atom stereocenters. The highest BCUT2D eigenvalue weighted by atomic mass is 19.2. The van der Waals surface area contributed by atoms with E-state index in [1.807, 2.05) is 0 Å². The summed E-state index contributed by atoms with van der Waals surface area (Å²) < 4.78 is 105. The van der Waals surface area contributed by atoms with Gasteiger partial charge in [-0.2, -0.15) is 4.98 Å². The molecule has 0 aliphatic heterocycles. The SMILES string of the molecule is NC(=O)c1cc(O)ccc1NCc1ccc(F)cc1F.Nc1ccc(O)cc1C(=O)O.O=C(O)c1cc(O)ccc1NCc1ccc(F)cc1F.O=Cc1ccc(F)cc1F.O=c1ncn(Cc2ccc(F)cc2F)c2ccc(O)cc12. The van der Waals surface area contributed by atoms with E-state index in [0.717, 1.165) is 54.6 Å². The summed E-state index contributed by atoms with van der Waals surface area (Å²) in [5.41, 5.74) is 11.7. The van der Waals surface area contributed by atoms with Crippen LogP contribution in [0.25, 0.3) is 10.9 Å². The summed E-state index contributed by atoms with van der Waals surface area (Å²) in [6.45, 7) is 0.148. The van der Waals surface area contributed by atoms with Gasteiger partial charge in [-0.3, -0.25) is 14.4 Å². The number of halogens is 8. The third-order valence-electron chi connectivity index (χ3n) is 11.0. The summed E-state index contributed by atoms with van der Waals surface area (Å²) in [6, 6.07) is 28.4. The average Bonchev–Trinajstić information content (AvgIpc) is 3.58. The Morgan fingerprint density at radius 1 is 0.512 bits per heavy atom. The Morgan fingerprint density at radius 3 is 1.38 bits per heavy atom. The van der Waals surface area contributed by atoms with Crippen molar-refractivity contribution in [3.8, 4) is 23.0 Å². The van der Waals surface area contributed by atoms with Gasteiger partial charge in [-0.15, -0.1) is 0 Å². The number of nitrogens with two attached hydrogens (primary N) is 2. The number of hydrogen-bond donors (Lipinski definition) is 10. The van der Waals surface area contributed by atoms with Crippen LogP contribution in [0.15, 0.2) is 157 Å². The highest BCUT2D eigenvalue weighted by Gasteiger charge is 2.14. The number of hydrogen-bond acceptors (Lipinski definition) is 13. The van der Waals surface area contributed by atoms with Crippen molar-refractivity contribution in [2.75, 3.05) is 16.4 Å². The van der Waals surface area contributed by atoms with Gasteiger partial charge in [0.05, 0.1) is 46.0 Å². The van der Waals surface area contributed by atoms with E-state index < -0.39 is 69.9 Å². The van der Waals surface area contributed by atoms with E-state index in [1.165, 1.54) is 85.2 Å². The number of nitrogen functional groups attached to an aromatic ring is 1. The third kappa shape index (κ3) is 17.8. The Morgan fingerprint density at radius 2 is 0.927 bits per heavy atom. The second-order valence-electron chi connectivity index (χ2n) is 16.8. The van der Waals surface area contributed by atoms with Gasteiger partial charge in [0.1, 0.15) is 69.5 Å². The van der Waals surface area contributed by atoms with Crippen LogP contribution < -0.4 is 27.7 Å². The molecule has 8 aromatic carbocycles. The Hall–Kier alpha value is -11.0. The lowest BCUT2D eigenvalue weighted by Crippen LogP contribution is -2.14. The monoisotopic (exact) mass is 1140 g/mol. The van der Waals surface area contributed by atoms with Crippen LogP contribution in [0.4, 0.5) is 52.2 Å². The van der Waals surface area contributed by atoms with Crippen molar-refractivity contribution in [2.24, 2.45) is 5.73 Å². The molecule has 0 saturated carbocycles. The maximum atomic E-state index is 13.7. The molecular weight excluding hydrogens is 1100 g/mol. The molecule has 0 saturated heterocycles. The molecule has 12 N–H and O–H groups in total. The predicted molar refractivity (Wildman–Crippen MR) is 283 cm³/mol. The number of carboxylic acid groups (broad SMARTS) is 2. The highest BCUT2D eigenvalue weighted by Crippen LogP contribution is 2.25. The maximum Gasteiger partial charge on any atom is 0.337 e. The number of aromatic hydroxyl groups is 4. The fourth-order valence-electron chi connectivity index (χ4n) is 6.95. The van der Waals surface area contributed by atoms with Crippen LogP contribution in [-0.2, 0) is 19.6 Å². The van der Waals surface area contributed by atoms with E-state index in [0.29, 0.717) is 23.6 Å². The largest absolute Gasteiger partial charge is 0.508 e. The molecule has 0 unspecified atom stereocenters. The number of nitrogens with zero attached hydrogens (tertiary/aromatic N) is 2. The lowest BCUT2D eigenvalue weighted by atomic mass is 10.1. The summed E-state index contributed by atoms with van der Waals surface area (Å²) in [4.78, 5) is 58.0. The van der Waals surface area contributed by atoms with Gasteiger partial charge in [0.15, 0.2) is 6.29 Å². The topological polar surface area (TPSA) is 301 Å². The maximum absolute atomic E-state index is 13.7. The van der Waals surface area contributed by atoms with Crippen LogP contribution in [-0.4, -0.2) is 64.3 Å². The number of anilines is 3. The molecule has 25 heteroatoms. The van der Waals surface area contributed by atoms with Crippen LogP contribution in [0.3, 0.4) is 0 Å². The first-order valence-corrected chi connectivity index (χ1v) is 23.2. The highest BCUT2D eigenvalue weighted by molar-refractivity contribution is 5.99. The lowest BCUT2D eigenvalue weighted by Gasteiger charge is -2.11. The van der Waals surface area contributed by atoms with E-state index in [1.54, 1.807) is 10.6 Å². The number of fused-ring (bicyclic) bond motifs is 1. The van der Waals surface area contributed by atoms with Crippen LogP contribution in [0.1, 0.15) is 58.1 Å². The Kier molecular flexibility index (Phi) is 21.6. The molecule has 0 radical (unpaired) electrons. The smallest absolute Gasteiger partial charge is 0.337 e. The molecule has 0 aliphatic rings. The number of rotatable bonds is 12. The van der Waals surface area contributed by atoms with Crippen molar-refractivity contribution >= 4 is 52.1 Å². The van der Waals surface area contributed by atoms with Crippen molar-refractivity contribution in [2.45, 2.75) is 19.6 Å². The standard InChI is InChI=1S/C15H10F2N2O2.C14H12F2N2O2.C14H11F2NO3.C7H4F2O.C7H7NO3/c16-10-2-1-9(13(17)5-10)7-19-8-18-15(21)12-6-11(20)3-4-14(12)19;15-9-2-1-8(12(16)5-9)7-18-13-4-3-10(19)6-11(13)14(17)20;15-9-2-1-8(12(16)5-9)7-17-13-4-3-10(18)6-11(13)14(19)20;8-6-2-1-5(4-10)7(9)3-6;8-6-2-1-4(9)3-5(6)7(10)11/h1-6,8,20H,7H2;1-6,18-19H,7H2,(H2,17,20);1-6,17-18H,7H2,(H,19,20);1-4H;1-3,9H,8H2,(H,10,11). The van der Waals surface area contributed by atoms with Crippen LogP contribution in [0, 0.1) is 46.5 Å². The van der Waals surface area contributed by atoms with Crippen molar-refractivity contribution < 1.29 is 84.9 Å². The lowest BCUT2D eigenvalue weighted by molar-refractivity contribution is 0.0686. The number of carbonyl (C=O) groups excluding carboxylic acids is 2. The van der Waals surface area contributed by atoms with Gasteiger partial charge in [0, 0.05) is 71.1 Å². The molecule has 9 aromatic rings. The summed E-state index contributed by atoms with van der Waals surface area (Å²) in [6.07, 6.45) is 1.64. The van der Waals surface area contributed by atoms with Gasteiger partial charge in [-0.1, -0.05) is 18.2 Å². The average molecular weight is 1140 g/mol. The Labute approximate surface area is 457 Å². The van der Waals surface area contributed by atoms with Crippen LogP contribution >= 0.6 is 0 Å². The van der Waals surface area contributed by atoms with Gasteiger partial charge in [-0.25, -0.2) is 44.7 Å². The number of phenols is 4. The molecule has 17 nitrogen and oxygen atoms in total. The van der Waals surface area contributed by atoms with Crippen molar-refractivity contribution in [1.29, 1.82) is 0 Å². The first-order chi connectivity index (χ1) is 38.8. The number of aromatic nitrogens is 2. The molecule has 9 rings (SSSR count). The number of aromatic carboxylic acids is 2. The summed E-state index contributed by atoms with van der Waals surface area (Å²) in [5, 5.41) is 60.2. The second kappa shape index (κ2) is 28.6.